The number of likely N-dealkylation sites (N-methyl/N-ethyl adjacent to an activating group) is 1. The van der Waals surface area contributed by atoms with Crippen LogP contribution in [-0.2, 0) is 4.79 Å². The first kappa shape index (κ1) is 21.0. The summed E-state index contributed by atoms with van der Waals surface area (Å²) in [6, 6.07) is 14.1. The molecule has 0 saturated carbocycles. The lowest BCUT2D eigenvalue weighted by Gasteiger charge is -2.20. The van der Waals surface area contributed by atoms with Gasteiger partial charge in [-0.05, 0) is 43.9 Å². The van der Waals surface area contributed by atoms with Gasteiger partial charge in [0.15, 0.2) is 5.13 Å². The van der Waals surface area contributed by atoms with E-state index in [1.54, 1.807) is 23.1 Å². The van der Waals surface area contributed by atoms with Crippen LogP contribution in [0.5, 0.6) is 0 Å². The number of amides is 1. The van der Waals surface area contributed by atoms with E-state index < -0.39 is 0 Å². The zero-order valence-corrected chi connectivity index (χ0v) is 16.8. The maximum atomic E-state index is 13.4. The molecule has 0 unspecified atom stereocenters. The molecule has 2 aromatic carbocycles. The Hall–Kier alpha value is -2.28. The highest BCUT2D eigenvalue weighted by molar-refractivity contribution is 7.22. The van der Waals surface area contributed by atoms with E-state index in [0.717, 1.165) is 10.3 Å². The van der Waals surface area contributed by atoms with Gasteiger partial charge >= 0.3 is 0 Å². The summed E-state index contributed by atoms with van der Waals surface area (Å²) in [6.07, 6.45) is 3.34. The second-order valence-electron chi connectivity index (χ2n) is 6.15. The molecule has 27 heavy (non-hydrogen) atoms. The lowest BCUT2D eigenvalue weighted by molar-refractivity contribution is -0.114. The summed E-state index contributed by atoms with van der Waals surface area (Å²) in [5, 5.41) is 0.579. The Morgan fingerprint density at radius 2 is 1.89 bits per heavy atom. The number of hydrogen-bond acceptors (Lipinski definition) is 4. The SMILES string of the molecule is CN(C)CCN(C(=O)/C=C/c1ccccc1)c1nc2ccc(F)cc2s1.Cl. The van der Waals surface area contributed by atoms with E-state index in [1.165, 1.54) is 23.5 Å². The van der Waals surface area contributed by atoms with Crippen molar-refractivity contribution in [2.75, 3.05) is 32.1 Å². The first-order chi connectivity index (χ1) is 12.5. The van der Waals surface area contributed by atoms with Crippen LogP contribution in [-0.4, -0.2) is 43.0 Å². The van der Waals surface area contributed by atoms with Crippen molar-refractivity contribution >= 4 is 51.1 Å². The number of fused-ring (bicyclic) bond motifs is 1. The number of rotatable bonds is 6. The van der Waals surface area contributed by atoms with Gasteiger partial charge in [-0.15, -0.1) is 12.4 Å². The first-order valence-electron chi connectivity index (χ1n) is 8.28. The van der Waals surface area contributed by atoms with Gasteiger partial charge in [0.05, 0.1) is 10.2 Å². The van der Waals surface area contributed by atoms with E-state index in [0.29, 0.717) is 23.7 Å². The molecule has 142 valence electrons. The molecule has 0 saturated heterocycles. The zero-order valence-electron chi connectivity index (χ0n) is 15.1. The maximum Gasteiger partial charge on any atom is 0.252 e. The number of hydrogen-bond donors (Lipinski definition) is 0. The predicted octanol–water partition coefficient (Wildman–Crippen LogP) is 4.47. The number of anilines is 1. The van der Waals surface area contributed by atoms with E-state index in [4.69, 9.17) is 0 Å². The van der Waals surface area contributed by atoms with E-state index in [-0.39, 0.29) is 24.1 Å². The zero-order chi connectivity index (χ0) is 18.5. The third-order valence-corrected chi connectivity index (χ3v) is 4.87. The quantitative estimate of drug-likeness (QED) is 0.568. The highest BCUT2D eigenvalue weighted by Crippen LogP contribution is 2.29. The lowest BCUT2D eigenvalue weighted by Crippen LogP contribution is -2.35. The number of nitrogens with zero attached hydrogens (tertiary/aromatic N) is 3. The standard InChI is InChI=1S/C20H20FN3OS.ClH/c1-23(2)12-13-24(19(25)11-8-15-6-4-3-5-7-15)20-22-17-10-9-16(21)14-18(17)26-20;/h3-11,14H,12-13H2,1-2H3;1H/b11-8+;. The van der Waals surface area contributed by atoms with Crippen LogP contribution in [0.15, 0.2) is 54.6 Å². The number of halogens is 2. The second kappa shape index (κ2) is 9.60. The van der Waals surface area contributed by atoms with E-state index >= 15 is 0 Å². The summed E-state index contributed by atoms with van der Waals surface area (Å²) in [4.78, 5) is 20.9. The van der Waals surface area contributed by atoms with Crippen LogP contribution in [0.1, 0.15) is 5.56 Å². The molecule has 3 aromatic rings. The van der Waals surface area contributed by atoms with Gasteiger partial charge in [-0.2, -0.15) is 0 Å². The van der Waals surface area contributed by atoms with Crippen molar-refractivity contribution in [1.82, 2.24) is 9.88 Å². The fraction of sp³-hybridized carbons (Fsp3) is 0.200. The Morgan fingerprint density at radius 3 is 2.59 bits per heavy atom. The Kier molecular flexibility index (Phi) is 7.47. The molecule has 0 aliphatic heterocycles. The minimum absolute atomic E-state index is 0. The molecule has 0 aliphatic carbocycles. The number of thiazole rings is 1. The number of benzene rings is 2. The predicted molar refractivity (Wildman–Crippen MR) is 113 cm³/mol. The molecule has 1 aromatic heterocycles. The number of carbonyl (C=O) groups is 1. The largest absolute Gasteiger partial charge is 0.308 e. The molecule has 1 amide bonds. The molecule has 1 heterocycles. The summed E-state index contributed by atoms with van der Waals surface area (Å²) < 4.78 is 14.2. The third kappa shape index (κ3) is 5.60. The van der Waals surface area contributed by atoms with Gasteiger partial charge in [0.1, 0.15) is 5.82 Å². The summed E-state index contributed by atoms with van der Waals surface area (Å²) in [5.41, 5.74) is 1.65. The molecule has 7 heteroatoms. The average molecular weight is 406 g/mol. The van der Waals surface area contributed by atoms with Gasteiger partial charge in [0.25, 0.3) is 5.91 Å². The van der Waals surface area contributed by atoms with E-state index in [1.807, 2.05) is 49.3 Å². The topological polar surface area (TPSA) is 36.4 Å². The molecular formula is C20H21ClFN3OS. The van der Waals surface area contributed by atoms with Crippen LogP contribution in [0.4, 0.5) is 9.52 Å². The van der Waals surface area contributed by atoms with Gasteiger partial charge in [-0.1, -0.05) is 41.7 Å². The molecule has 4 nitrogen and oxygen atoms in total. The van der Waals surface area contributed by atoms with Gasteiger partial charge in [0, 0.05) is 19.2 Å². The van der Waals surface area contributed by atoms with Crippen molar-refractivity contribution in [3.05, 3.63) is 66.0 Å². The van der Waals surface area contributed by atoms with Crippen LogP contribution in [0, 0.1) is 5.82 Å². The minimum Gasteiger partial charge on any atom is -0.308 e. The fourth-order valence-corrected chi connectivity index (χ4v) is 3.45. The normalized spacial score (nSPS) is 11.1. The molecule has 0 N–H and O–H groups in total. The van der Waals surface area contributed by atoms with Crippen molar-refractivity contribution in [3.8, 4) is 0 Å². The van der Waals surface area contributed by atoms with Crippen LogP contribution in [0.2, 0.25) is 0 Å². The van der Waals surface area contributed by atoms with Crippen LogP contribution < -0.4 is 4.90 Å². The monoisotopic (exact) mass is 405 g/mol. The van der Waals surface area contributed by atoms with E-state index in [9.17, 15) is 9.18 Å². The van der Waals surface area contributed by atoms with Gasteiger partial charge in [-0.25, -0.2) is 9.37 Å². The molecule has 0 bridgehead atoms. The average Bonchev–Trinajstić information content (AvgIpc) is 3.03. The summed E-state index contributed by atoms with van der Waals surface area (Å²) in [7, 11) is 3.91. The Bertz CT molecular complexity index is 927. The Balaban J connectivity index is 0.00000261. The van der Waals surface area contributed by atoms with Crippen LogP contribution in [0.3, 0.4) is 0 Å². The highest BCUT2D eigenvalue weighted by atomic mass is 35.5. The lowest BCUT2D eigenvalue weighted by atomic mass is 10.2. The van der Waals surface area contributed by atoms with E-state index in [2.05, 4.69) is 4.98 Å². The first-order valence-corrected chi connectivity index (χ1v) is 9.10. The van der Waals surface area contributed by atoms with Crippen molar-refractivity contribution in [3.63, 3.8) is 0 Å². The number of carbonyl (C=O) groups excluding carboxylic acids is 1. The summed E-state index contributed by atoms with van der Waals surface area (Å²) in [5.74, 6) is -0.446. The molecule has 0 fully saturated rings. The molecule has 0 radical (unpaired) electrons. The van der Waals surface area contributed by atoms with Crippen LogP contribution in [0.25, 0.3) is 16.3 Å². The van der Waals surface area contributed by atoms with Gasteiger partial charge in [-0.3, -0.25) is 9.69 Å². The van der Waals surface area contributed by atoms with Gasteiger partial charge in [0.2, 0.25) is 0 Å². The van der Waals surface area contributed by atoms with Crippen LogP contribution >= 0.6 is 23.7 Å². The fourth-order valence-electron chi connectivity index (χ4n) is 2.42. The Labute approximate surface area is 168 Å². The maximum absolute atomic E-state index is 13.4. The van der Waals surface area contributed by atoms with Gasteiger partial charge < -0.3 is 4.90 Å². The highest BCUT2D eigenvalue weighted by Gasteiger charge is 2.18. The van der Waals surface area contributed by atoms with Crippen molar-refractivity contribution in [1.29, 1.82) is 0 Å². The van der Waals surface area contributed by atoms with Crippen molar-refractivity contribution in [2.45, 2.75) is 0 Å². The smallest absolute Gasteiger partial charge is 0.252 e. The third-order valence-electron chi connectivity index (χ3n) is 3.82. The molecule has 0 aliphatic rings. The Morgan fingerprint density at radius 1 is 1.15 bits per heavy atom. The molecule has 3 rings (SSSR count). The molecule has 0 spiro atoms. The summed E-state index contributed by atoms with van der Waals surface area (Å²) in [6.45, 7) is 1.21. The molecule has 0 atom stereocenters. The van der Waals surface area contributed by atoms with Crippen molar-refractivity contribution in [2.24, 2.45) is 0 Å². The van der Waals surface area contributed by atoms with Crippen molar-refractivity contribution < 1.29 is 9.18 Å². The molecular weight excluding hydrogens is 385 g/mol. The summed E-state index contributed by atoms with van der Waals surface area (Å²) >= 11 is 1.32. The number of aromatic nitrogens is 1. The minimum atomic E-state index is -0.303. The second-order valence-corrected chi connectivity index (χ2v) is 7.15.